The minimum absolute atomic E-state index is 0.0524. The molecule has 3 fully saturated rings. The third-order valence-corrected chi connectivity index (χ3v) is 13.0. The summed E-state index contributed by atoms with van der Waals surface area (Å²) in [6.07, 6.45) is 2.46. The van der Waals surface area contributed by atoms with Gasteiger partial charge in [0.2, 0.25) is 11.8 Å². The predicted molar refractivity (Wildman–Crippen MR) is 232 cm³/mol. The zero-order valence-electron chi connectivity index (χ0n) is 34.5. The Morgan fingerprint density at radius 1 is 0.828 bits per heavy atom. The van der Waals surface area contributed by atoms with Gasteiger partial charge in [-0.1, -0.05) is 97.5 Å². The van der Waals surface area contributed by atoms with Crippen LogP contribution in [0.3, 0.4) is 0 Å². The second-order valence-electron chi connectivity index (χ2n) is 16.8. The number of aliphatic hydroxyl groups is 1. The van der Waals surface area contributed by atoms with Gasteiger partial charge in [0.25, 0.3) is 5.69 Å². The zero-order chi connectivity index (χ0) is 44.8. The van der Waals surface area contributed by atoms with Crippen LogP contribution in [-0.4, -0.2) is 55.6 Å². The molecule has 3 amide bonds. The van der Waals surface area contributed by atoms with Crippen molar-refractivity contribution in [3.8, 4) is 17.6 Å². The number of hydrogen-bond donors (Lipinski definition) is 3. The average Bonchev–Trinajstić information content (AvgIpc) is 3.64. The Balaban J connectivity index is 1.27. The Hall–Kier alpha value is -7.34. The number of primary amides is 1. The number of amides is 3. The Bertz CT molecular complexity index is 2690. The Kier molecular flexibility index (Phi) is 11.0. The molecule has 4 aliphatic rings. The van der Waals surface area contributed by atoms with Gasteiger partial charge in [0.15, 0.2) is 0 Å². The van der Waals surface area contributed by atoms with Crippen molar-refractivity contribution in [2.45, 2.75) is 80.4 Å². The zero-order valence-corrected chi connectivity index (χ0v) is 34.5. The number of benzene rings is 5. The average molecular weight is 861 g/mol. The van der Waals surface area contributed by atoms with Crippen LogP contribution in [0.25, 0.3) is 0 Å². The molecule has 0 unspecified atom stereocenters. The first-order chi connectivity index (χ1) is 30.9. The highest BCUT2D eigenvalue weighted by Crippen LogP contribution is 2.65. The van der Waals surface area contributed by atoms with E-state index in [1.54, 1.807) is 29.2 Å². The Morgan fingerprint density at radius 2 is 1.47 bits per heavy atom. The largest absolute Gasteiger partial charge is 0.508 e. The minimum atomic E-state index is -2.14. The molecule has 0 aromatic heterocycles. The molecule has 0 bridgehead atoms. The van der Waals surface area contributed by atoms with Gasteiger partial charge in [-0.2, -0.15) is 0 Å². The molecule has 5 aromatic carbocycles. The molecule has 14 nitrogen and oxygen atoms in total. The lowest BCUT2D eigenvalue weighted by Gasteiger charge is -2.46. The summed E-state index contributed by atoms with van der Waals surface area (Å²) in [5, 5.41) is 33.4. The first-order valence-electron chi connectivity index (χ1n) is 21.2. The standard InChI is InChI=1S/C50H44N4O10/c51-45(56)40-42-46(57)64-43(34-13-7-4-8-14-34)41(33-11-5-3-6-12-33)53(42)44(35-18-22-37(55)23-19-35)50(40)38-29-31(25-28-49(60)26-9-1-2-10-27-49)17-24-39(38)52(47(50)58)48(59)63-30-32-15-20-36(21-16-32)54(61)62/h3-8,11-24,29,40-44,55,60H,1-2,9-10,26-27,30H2,(H2,51,56)/t40-,41-,42-,43+,44+,50-/m1/s1. The summed E-state index contributed by atoms with van der Waals surface area (Å²) < 4.78 is 12.1. The van der Waals surface area contributed by atoms with Crippen molar-refractivity contribution in [3.63, 3.8) is 0 Å². The lowest BCUT2D eigenvalue weighted by molar-refractivity contribution is -0.384. The van der Waals surface area contributed by atoms with Crippen molar-refractivity contribution in [1.29, 1.82) is 0 Å². The first-order valence-corrected chi connectivity index (χ1v) is 21.2. The van der Waals surface area contributed by atoms with Crippen LogP contribution in [0.2, 0.25) is 0 Å². The molecule has 0 radical (unpaired) electrons. The van der Waals surface area contributed by atoms with E-state index in [1.807, 2.05) is 60.7 Å². The van der Waals surface area contributed by atoms with Gasteiger partial charge in [0, 0.05) is 17.7 Å². The number of rotatable bonds is 7. The number of carbonyl (C=O) groups is 4. The van der Waals surface area contributed by atoms with E-state index >= 15 is 4.79 Å². The van der Waals surface area contributed by atoms with Gasteiger partial charge in [-0.3, -0.25) is 29.4 Å². The lowest BCUT2D eigenvalue weighted by atomic mass is 9.65. The molecule has 1 saturated carbocycles. The number of morpholine rings is 1. The van der Waals surface area contributed by atoms with Gasteiger partial charge in [-0.15, -0.1) is 0 Å². The fraction of sp³-hybridized carbons (Fsp3) is 0.280. The molecule has 9 rings (SSSR count). The molecule has 3 heterocycles. The SMILES string of the molecule is NC(=O)[C@H]1[C@@H]2C(=O)O[C@@H](c3ccccc3)[C@@H](c3ccccc3)N2[C@@H](c2ccc(O)cc2)[C@]12C(=O)N(C(=O)OCc1ccc([N+](=O)[O-])cc1)c1ccc(C#CC3(O)CCCCCC3)cc12. The summed E-state index contributed by atoms with van der Waals surface area (Å²) in [7, 11) is 0. The number of nitrogens with zero attached hydrogens (tertiary/aromatic N) is 3. The quantitative estimate of drug-likeness (QED) is 0.0490. The third kappa shape index (κ3) is 7.22. The topological polar surface area (TPSA) is 203 Å². The van der Waals surface area contributed by atoms with Crippen molar-refractivity contribution in [2.75, 3.05) is 4.90 Å². The summed E-state index contributed by atoms with van der Waals surface area (Å²) in [6, 6.07) is 31.1. The van der Waals surface area contributed by atoms with Gasteiger partial charge < -0.3 is 25.4 Å². The maximum absolute atomic E-state index is 16.0. The smallest absolute Gasteiger partial charge is 0.421 e. The van der Waals surface area contributed by atoms with Crippen LogP contribution in [0, 0.1) is 27.9 Å². The van der Waals surface area contributed by atoms with Crippen LogP contribution in [0.4, 0.5) is 16.2 Å². The molecule has 1 aliphatic carbocycles. The number of ether oxygens (including phenoxy) is 2. The number of imide groups is 1. The fourth-order valence-electron chi connectivity index (χ4n) is 10.2. The van der Waals surface area contributed by atoms with E-state index < -0.39 is 70.0 Å². The number of nitro benzene ring substituents is 1. The molecule has 64 heavy (non-hydrogen) atoms. The summed E-state index contributed by atoms with van der Waals surface area (Å²) in [5.41, 5.74) is 5.63. The molecular formula is C50H44N4O10. The summed E-state index contributed by atoms with van der Waals surface area (Å²) in [6.45, 7) is -0.373. The van der Waals surface area contributed by atoms with Crippen molar-refractivity contribution in [2.24, 2.45) is 11.7 Å². The molecule has 5 aromatic rings. The van der Waals surface area contributed by atoms with E-state index in [0.717, 1.165) is 30.6 Å². The Labute approximate surface area is 368 Å². The van der Waals surface area contributed by atoms with E-state index in [-0.39, 0.29) is 29.3 Å². The van der Waals surface area contributed by atoms with Crippen molar-refractivity contribution >= 4 is 35.3 Å². The predicted octanol–water partition coefficient (Wildman–Crippen LogP) is 7.22. The molecule has 1 spiro atoms. The van der Waals surface area contributed by atoms with Gasteiger partial charge in [0.1, 0.15) is 35.5 Å². The van der Waals surface area contributed by atoms with Crippen LogP contribution in [0.1, 0.15) is 90.1 Å². The van der Waals surface area contributed by atoms with E-state index in [2.05, 4.69) is 11.8 Å². The van der Waals surface area contributed by atoms with Gasteiger partial charge in [0.05, 0.1) is 28.6 Å². The second-order valence-corrected chi connectivity index (χ2v) is 16.8. The van der Waals surface area contributed by atoms with Gasteiger partial charge in [-0.05, 0) is 96.0 Å². The maximum atomic E-state index is 16.0. The summed E-state index contributed by atoms with van der Waals surface area (Å²) in [4.78, 5) is 73.3. The van der Waals surface area contributed by atoms with Crippen molar-refractivity contribution in [1.82, 2.24) is 4.90 Å². The number of cyclic esters (lactones) is 1. The molecule has 3 aliphatic heterocycles. The number of nitrogens with two attached hydrogens (primary N) is 1. The maximum Gasteiger partial charge on any atom is 0.421 e. The van der Waals surface area contributed by atoms with Crippen molar-refractivity contribution in [3.05, 3.63) is 171 Å². The molecule has 6 atom stereocenters. The number of fused-ring (bicyclic) bond motifs is 3. The highest BCUT2D eigenvalue weighted by Gasteiger charge is 2.75. The highest BCUT2D eigenvalue weighted by atomic mass is 16.6. The highest BCUT2D eigenvalue weighted by molar-refractivity contribution is 6.23. The van der Waals surface area contributed by atoms with E-state index in [0.29, 0.717) is 40.7 Å². The lowest BCUT2D eigenvalue weighted by Crippen LogP contribution is -2.55. The van der Waals surface area contributed by atoms with Crippen molar-refractivity contribution < 1.29 is 43.8 Å². The van der Waals surface area contributed by atoms with E-state index in [4.69, 9.17) is 15.2 Å². The number of esters is 1. The second kappa shape index (κ2) is 16.7. The monoisotopic (exact) mass is 860 g/mol. The van der Waals surface area contributed by atoms with E-state index in [1.165, 1.54) is 42.5 Å². The summed E-state index contributed by atoms with van der Waals surface area (Å²) >= 11 is 0. The van der Waals surface area contributed by atoms with Crippen LogP contribution in [0.15, 0.2) is 127 Å². The number of non-ortho nitro benzene ring substituents is 1. The minimum Gasteiger partial charge on any atom is -0.508 e. The number of phenolic OH excluding ortho intramolecular Hbond substituents is 1. The number of aromatic hydroxyl groups is 1. The molecule has 14 heteroatoms. The van der Waals surface area contributed by atoms with Crippen LogP contribution >= 0.6 is 0 Å². The van der Waals surface area contributed by atoms with Crippen LogP contribution in [0.5, 0.6) is 5.75 Å². The number of nitro groups is 1. The van der Waals surface area contributed by atoms with Gasteiger partial charge >= 0.3 is 12.1 Å². The molecular weight excluding hydrogens is 817 g/mol. The normalized spacial score (nSPS) is 24.7. The molecule has 324 valence electrons. The Morgan fingerprint density at radius 3 is 2.09 bits per heavy atom. The number of carbonyl (C=O) groups excluding carboxylic acids is 4. The summed E-state index contributed by atoms with van der Waals surface area (Å²) in [5.74, 6) is 1.74. The number of hydrogen-bond acceptors (Lipinski definition) is 11. The number of anilines is 1. The number of phenols is 1. The third-order valence-electron chi connectivity index (χ3n) is 13.0. The molecule has 4 N–H and O–H groups in total. The van der Waals surface area contributed by atoms with Crippen LogP contribution < -0.4 is 10.6 Å². The fourth-order valence-corrected chi connectivity index (χ4v) is 10.2. The van der Waals surface area contributed by atoms with Crippen LogP contribution in [-0.2, 0) is 35.9 Å². The van der Waals surface area contributed by atoms with E-state index in [9.17, 15) is 34.7 Å². The first kappa shape index (κ1) is 42.0. The molecule has 2 saturated heterocycles. The van der Waals surface area contributed by atoms with Gasteiger partial charge in [-0.25, -0.2) is 9.69 Å².